The first-order valence-electron chi connectivity index (χ1n) is 8.82. The molecule has 0 spiro atoms. The van der Waals surface area contributed by atoms with E-state index in [-0.39, 0.29) is 23.9 Å². The maximum Gasteiger partial charge on any atom is 0.257 e. The Hall–Kier alpha value is -2.90. The van der Waals surface area contributed by atoms with Crippen molar-refractivity contribution in [1.29, 1.82) is 0 Å². The number of aromatic nitrogens is 3. The fraction of sp³-hybridized carbons (Fsp3) is 0.444. The van der Waals surface area contributed by atoms with E-state index in [2.05, 4.69) is 20.7 Å². The number of pyridine rings is 1. The van der Waals surface area contributed by atoms with Gasteiger partial charge in [0.2, 0.25) is 11.8 Å². The molecule has 1 fully saturated rings. The molecule has 2 aromatic rings. The molecule has 8 nitrogen and oxygen atoms in total. The Morgan fingerprint density at radius 3 is 3.04 bits per heavy atom. The largest absolute Gasteiger partial charge is 0.477 e. The van der Waals surface area contributed by atoms with Crippen LogP contribution in [0.15, 0.2) is 30.7 Å². The minimum absolute atomic E-state index is 0.0267. The van der Waals surface area contributed by atoms with Crippen LogP contribution in [0.25, 0.3) is 0 Å². The van der Waals surface area contributed by atoms with Crippen LogP contribution >= 0.6 is 0 Å². The number of hydrogen-bond acceptors (Lipinski definition) is 5. The van der Waals surface area contributed by atoms with Crippen LogP contribution in [0.1, 0.15) is 48.7 Å². The number of ether oxygens (including phenoxy) is 1. The first-order valence-corrected chi connectivity index (χ1v) is 8.82. The topological polar surface area (TPSA) is 98.1 Å². The number of carbonyl (C=O) groups is 2. The normalized spacial score (nSPS) is 19.7. The molecule has 2 N–H and O–H groups in total. The summed E-state index contributed by atoms with van der Waals surface area (Å²) in [6, 6.07) is 2.83. The molecule has 2 atom stereocenters. The number of piperidine rings is 1. The van der Waals surface area contributed by atoms with Gasteiger partial charge in [-0.3, -0.25) is 14.3 Å². The third-order valence-electron chi connectivity index (χ3n) is 4.35. The Labute approximate surface area is 151 Å². The highest BCUT2D eigenvalue weighted by molar-refractivity contribution is 5.96. The fourth-order valence-electron chi connectivity index (χ4n) is 3.05. The monoisotopic (exact) mass is 357 g/mol. The summed E-state index contributed by atoms with van der Waals surface area (Å²) in [5, 5.41) is 10.3. The lowest BCUT2D eigenvalue weighted by molar-refractivity contribution is -0.123. The average molecular weight is 357 g/mol. The van der Waals surface area contributed by atoms with Gasteiger partial charge in [-0.05, 0) is 32.4 Å². The second-order valence-electron chi connectivity index (χ2n) is 6.08. The number of aryl methyl sites for hydroxylation is 1. The quantitative estimate of drug-likeness (QED) is 0.815. The zero-order valence-electron chi connectivity index (χ0n) is 14.9. The van der Waals surface area contributed by atoms with Crippen LogP contribution in [0.5, 0.6) is 5.88 Å². The van der Waals surface area contributed by atoms with Gasteiger partial charge in [-0.2, -0.15) is 5.10 Å². The minimum Gasteiger partial charge on any atom is -0.477 e. The summed E-state index contributed by atoms with van der Waals surface area (Å²) in [5.74, 6) is 0.0133. The van der Waals surface area contributed by atoms with Crippen molar-refractivity contribution in [3.05, 3.63) is 41.9 Å². The Bertz CT molecular complexity index is 789. The maximum absolute atomic E-state index is 12.8. The lowest BCUT2D eigenvalue weighted by atomic mass is 9.93. The van der Waals surface area contributed by atoms with Gasteiger partial charge >= 0.3 is 0 Å². The van der Waals surface area contributed by atoms with E-state index in [0.717, 1.165) is 12.1 Å². The number of carbonyl (C=O) groups excluding carboxylic acids is 2. The molecule has 8 heteroatoms. The molecule has 138 valence electrons. The number of hydrogen-bond donors (Lipinski definition) is 2. The van der Waals surface area contributed by atoms with Gasteiger partial charge in [0.15, 0.2) is 0 Å². The highest BCUT2D eigenvalue weighted by Crippen LogP contribution is 2.25. The number of rotatable bonds is 6. The molecule has 1 aliphatic heterocycles. The molecule has 2 amide bonds. The van der Waals surface area contributed by atoms with Crippen molar-refractivity contribution in [2.24, 2.45) is 0 Å². The lowest BCUT2D eigenvalue weighted by Crippen LogP contribution is -2.50. The van der Waals surface area contributed by atoms with Gasteiger partial charge in [0.1, 0.15) is 5.56 Å². The van der Waals surface area contributed by atoms with Crippen LogP contribution in [0, 0.1) is 0 Å². The zero-order chi connectivity index (χ0) is 18.5. The van der Waals surface area contributed by atoms with Crippen LogP contribution in [-0.4, -0.2) is 39.2 Å². The van der Waals surface area contributed by atoms with E-state index >= 15 is 0 Å². The van der Waals surface area contributed by atoms with Crippen molar-refractivity contribution in [3.63, 3.8) is 0 Å². The van der Waals surface area contributed by atoms with Crippen molar-refractivity contribution in [1.82, 2.24) is 25.4 Å². The molecule has 1 aliphatic rings. The van der Waals surface area contributed by atoms with E-state index in [9.17, 15) is 9.59 Å². The second kappa shape index (κ2) is 7.99. The highest BCUT2D eigenvalue weighted by Gasteiger charge is 2.32. The van der Waals surface area contributed by atoms with Crippen LogP contribution < -0.4 is 15.4 Å². The van der Waals surface area contributed by atoms with Crippen molar-refractivity contribution < 1.29 is 14.3 Å². The summed E-state index contributed by atoms with van der Waals surface area (Å²) < 4.78 is 7.23. The Morgan fingerprint density at radius 2 is 2.31 bits per heavy atom. The molecule has 0 unspecified atom stereocenters. The fourth-order valence-corrected chi connectivity index (χ4v) is 3.05. The predicted octanol–water partition coefficient (Wildman–Crippen LogP) is 1.45. The molecule has 0 radical (unpaired) electrons. The van der Waals surface area contributed by atoms with Gasteiger partial charge in [0.05, 0.1) is 24.9 Å². The van der Waals surface area contributed by atoms with E-state index in [0.29, 0.717) is 30.9 Å². The maximum atomic E-state index is 12.8. The summed E-state index contributed by atoms with van der Waals surface area (Å²) in [6.45, 7) is 5.00. The third-order valence-corrected chi connectivity index (χ3v) is 4.35. The summed E-state index contributed by atoms with van der Waals surface area (Å²) >= 11 is 0. The van der Waals surface area contributed by atoms with Gasteiger partial charge in [-0.1, -0.05) is 0 Å². The van der Waals surface area contributed by atoms with Crippen molar-refractivity contribution in [2.75, 3.05) is 6.61 Å². The van der Waals surface area contributed by atoms with Crippen molar-refractivity contribution in [3.8, 4) is 5.88 Å². The molecular formula is C18H23N5O3. The SMILES string of the molecule is CCOc1ncccc1C(=O)N[C@@H]1CCC(=O)N[C@H]1c1cnn(CC)c1. The Kier molecular flexibility index (Phi) is 5.50. The van der Waals surface area contributed by atoms with Crippen molar-refractivity contribution >= 4 is 11.8 Å². The summed E-state index contributed by atoms with van der Waals surface area (Å²) in [7, 11) is 0. The van der Waals surface area contributed by atoms with Gasteiger partial charge in [0.25, 0.3) is 5.91 Å². The molecule has 26 heavy (non-hydrogen) atoms. The second-order valence-corrected chi connectivity index (χ2v) is 6.08. The molecule has 1 saturated heterocycles. The molecule has 0 aliphatic carbocycles. The van der Waals surface area contributed by atoms with E-state index in [1.165, 1.54) is 0 Å². The Balaban J connectivity index is 1.80. The van der Waals surface area contributed by atoms with Crippen LogP contribution in [0.4, 0.5) is 0 Å². The van der Waals surface area contributed by atoms with Gasteiger partial charge in [-0.15, -0.1) is 0 Å². The van der Waals surface area contributed by atoms with Gasteiger partial charge in [0, 0.05) is 30.9 Å². The number of amides is 2. The summed E-state index contributed by atoms with van der Waals surface area (Å²) in [5.41, 5.74) is 1.26. The van der Waals surface area contributed by atoms with E-state index in [1.54, 1.807) is 29.2 Å². The van der Waals surface area contributed by atoms with Crippen LogP contribution in [0.3, 0.4) is 0 Å². The predicted molar refractivity (Wildman–Crippen MR) is 94.7 cm³/mol. The molecule has 0 saturated carbocycles. The highest BCUT2D eigenvalue weighted by atomic mass is 16.5. The summed E-state index contributed by atoms with van der Waals surface area (Å²) in [4.78, 5) is 28.8. The first kappa shape index (κ1) is 17.9. The minimum atomic E-state index is -0.312. The summed E-state index contributed by atoms with van der Waals surface area (Å²) in [6.07, 6.45) is 6.14. The van der Waals surface area contributed by atoms with E-state index in [1.807, 2.05) is 20.0 Å². The molecule has 3 heterocycles. The molecule has 0 bridgehead atoms. The Morgan fingerprint density at radius 1 is 1.46 bits per heavy atom. The number of nitrogens with one attached hydrogen (secondary N) is 2. The first-order chi connectivity index (χ1) is 12.6. The van der Waals surface area contributed by atoms with Crippen molar-refractivity contribution in [2.45, 2.75) is 45.3 Å². The number of nitrogens with zero attached hydrogens (tertiary/aromatic N) is 3. The van der Waals surface area contributed by atoms with Crippen LogP contribution in [-0.2, 0) is 11.3 Å². The van der Waals surface area contributed by atoms with Gasteiger partial charge < -0.3 is 15.4 Å². The zero-order valence-corrected chi connectivity index (χ0v) is 14.9. The van der Waals surface area contributed by atoms with E-state index < -0.39 is 0 Å². The average Bonchev–Trinajstić information content (AvgIpc) is 3.13. The smallest absolute Gasteiger partial charge is 0.257 e. The molecular weight excluding hydrogens is 334 g/mol. The van der Waals surface area contributed by atoms with Crippen LogP contribution in [0.2, 0.25) is 0 Å². The molecule has 3 rings (SSSR count). The van der Waals surface area contributed by atoms with Gasteiger partial charge in [-0.25, -0.2) is 4.98 Å². The van der Waals surface area contributed by atoms with E-state index in [4.69, 9.17) is 4.74 Å². The third kappa shape index (κ3) is 3.84. The lowest BCUT2D eigenvalue weighted by Gasteiger charge is -2.32. The molecule has 2 aromatic heterocycles. The standard InChI is InChI=1S/C18H23N5O3/c1-3-23-11-12(10-20-23)16-14(7-8-15(24)22-16)21-17(25)13-6-5-9-19-18(13)26-4-2/h5-6,9-11,14,16H,3-4,7-8H2,1-2H3,(H,21,25)(H,22,24)/t14-,16+/m1/s1. The molecule has 0 aromatic carbocycles.